The average Bonchev–Trinajstić information content (AvgIpc) is 2.55. The number of amides is 1. The van der Waals surface area contributed by atoms with Crippen LogP contribution in [0.15, 0.2) is 71.2 Å². The van der Waals surface area contributed by atoms with Gasteiger partial charge in [0, 0.05) is 11.0 Å². The molecule has 3 rings (SSSR count). The zero-order valence-corrected chi connectivity index (χ0v) is 13.6. The quantitative estimate of drug-likeness (QED) is 0.730. The minimum Gasteiger partial charge on any atom is -0.352 e. The summed E-state index contributed by atoms with van der Waals surface area (Å²) in [6, 6.07) is 22.1. The fraction of sp³-hybridized carbons (Fsp3) is 0.105. The van der Waals surface area contributed by atoms with Crippen LogP contribution in [0.2, 0.25) is 0 Å². The van der Waals surface area contributed by atoms with Crippen molar-refractivity contribution < 1.29 is 4.79 Å². The standard InChI is InChI=1S/C19H16BrNO/c20-18-11-4-3-10-17(18)19(22)21-13-12-15-8-5-7-14-6-1-2-9-16(14)15/h1-11H,12-13H2,(H,21,22). The number of carbonyl (C=O) groups excluding carboxylic acids is 1. The van der Waals surface area contributed by atoms with Gasteiger partial charge in [-0.3, -0.25) is 4.79 Å². The first kappa shape index (κ1) is 14.8. The molecule has 0 bridgehead atoms. The largest absolute Gasteiger partial charge is 0.352 e. The summed E-state index contributed by atoms with van der Waals surface area (Å²) in [5.41, 5.74) is 1.92. The van der Waals surface area contributed by atoms with Crippen LogP contribution in [-0.2, 0) is 6.42 Å². The van der Waals surface area contributed by atoms with E-state index in [-0.39, 0.29) is 5.91 Å². The van der Waals surface area contributed by atoms with Crippen molar-refractivity contribution in [3.05, 3.63) is 82.3 Å². The molecule has 0 unspecified atom stereocenters. The molecule has 0 aliphatic heterocycles. The predicted octanol–water partition coefficient (Wildman–Crippen LogP) is 4.57. The Morgan fingerprint density at radius 1 is 0.909 bits per heavy atom. The molecule has 0 spiro atoms. The number of hydrogen-bond donors (Lipinski definition) is 1. The fourth-order valence-electron chi connectivity index (χ4n) is 2.56. The second-order valence-corrected chi connectivity index (χ2v) is 5.98. The first-order chi connectivity index (χ1) is 10.8. The maximum atomic E-state index is 12.2. The Morgan fingerprint density at radius 2 is 1.64 bits per heavy atom. The van der Waals surface area contributed by atoms with Crippen LogP contribution in [0, 0.1) is 0 Å². The molecule has 0 aromatic heterocycles. The van der Waals surface area contributed by atoms with Crippen molar-refractivity contribution in [1.29, 1.82) is 0 Å². The summed E-state index contributed by atoms with van der Waals surface area (Å²) in [5, 5.41) is 5.47. The molecule has 0 heterocycles. The molecule has 0 saturated carbocycles. The molecule has 2 nitrogen and oxygen atoms in total. The van der Waals surface area contributed by atoms with Gasteiger partial charge in [0.1, 0.15) is 0 Å². The molecule has 0 aliphatic rings. The molecule has 0 radical (unpaired) electrons. The number of benzene rings is 3. The van der Waals surface area contributed by atoms with E-state index in [1.54, 1.807) is 0 Å². The van der Waals surface area contributed by atoms with Crippen LogP contribution in [0.1, 0.15) is 15.9 Å². The molecule has 0 saturated heterocycles. The van der Waals surface area contributed by atoms with E-state index < -0.39 is 0 Å². The molecule has 110 valence electrons. The van der Waals surface area contributed by atoms with Crippen molar-refractivity contribution in [3.63, 3.8) is 0 Å². The Labute approximate surface area is 138 Å². The zero-order chi connectivity index (χ0) is 15.4. The van der Waals surface area contributed by atoms with E-state index in [2.05, 4.69) is 51.6 Å². The van der Waals surface area contributed by atoms with Crippen molar-refractivity contribution in [3.8, 4) is 0 Å². The molecule has 1 amide bonds. The average molecular weight is 354 g/mol. The van der Waals surface area contributed by atoms with E-state index in [0.717, 1.165) is 10.9 Å². The third kappa shape index (κ3) is 3.20. The van der Waals surface area contributed by atoms with Crippen LogP contribution in [0.25, 0.3) is 10.8 Å². The lowest BCUT2D eigenvalue weighted by molar-refractivity contribution is 0.0953. The molecule has 3 heteroatoms. The monoisotopic (exact) mass is 353 g/mol. The summed E-state index contributed by atoms with van der Waals surface area (Å²) in [6.07, 6.45) is 0.817. The van der Waals surface area contributed by atoms with E-state index >= 15 is 0 Å². The highest BCUT2D eigenvalue weighted by Crippen LogP contribution is 2.19. The van der Waals surface area contributed by atoms with Gasteiger partial charge in [0.25, 0.3) is 5.91 Å². The van der Waals surface area contributed by atoms with Gasteiger partial charge < -0.3 is 5.32 Å². The highest BCUT2D eigenvalue weighted by molar-refractivity contribution is 9.10. The Bertz CT molecular complexity index is 808. The highest BCUT2D eigenvalue weighted by Gasteiger charge is 2.08. The van der Waals surface area contributed by atoms with Crippen LogP contribution < -0.4 is 5.32 Å². The maximum absolute atomic E-state index is 12.2. The van der Waals surface area contributed by atoms with Crippen molar-refractivity contribution in [1.82, 2.24) is 5.32 Å². The first-order valence-electron chi connectivity index (χ1n) is 7.25. The van der Waals surface area contributed by atoms with Gasteiger partial charge in [-0.05, 0) is 50.8 Å². The summed E-state index contributed by atoms with van der Waals surface area (Å²) < 4.78 is 0.817. The van der Waals surface area contributed by atoms with Gasteiger partial charge in [0.15, 0.2) is 0 Å². The number of carbonyl (C=O) groups is 1. The summed E-state index contributed by atoms with van der Waals surface area (Å²) >= 11 is 3.41. The summed E-state index contributed by atoms with van der Waals surface area (Å²) in [5.74, 6) is -0.0484. The van der Waals surface area contributed by atoms with E-state index in [4.69, 9.17) is 0 Å². The third-order valence-electron chi connectivity index (χ3n) is 3.68. The van der Waals surface area contributed by atoms with Gasteiger partial charge in [-0.2, -0.15) is 0 Å². The topological polar surface area (TPSA) is 29.1 Å². The van der Waals surface area contributed by atoms with E-state index in [1.165, 1.54) is 16.3 Å². The number of nitrogens with one attached hydrogen (secondary N) is 1. The molecular formula is C19H16BrNO. The number of fused-ring (bicyclic) bond motifs is 1. The predicted molar refractivity (Wildman–Crippen MR) is 94.1 cm³/mol. The van der Waals surface area contributed by atoms with E-state index in [1.807, 2.05) is 36.4 Å². The van der Waals surface area contributed by atoms with Crippen molar-refractivity contribution in [2.75, 3.05) is 6.54 Å². The van der Waals surface area contributed by atoms with E-state index in [9.17, 15) is 4.79 Å². The Morgan fingerprint density at radius 3 is 2.50 bits per heavy atom. The summed E-state index contributed by atoms with van der Waals surface area (Å²) in [4.78, 5) is 12.2. The lowest BCUT2D eigenvalue weighted by Gasteiger charge is -2.09. The molecule has 3 aromatic rings. The van der Waals surface area contributed by atoms with Gasteiger partial charge in [-0.15, -0.1) is 0 Å². The smallest absolute Gasteiger partial charge is 0.252 e. The molecule has 1 N–H and O–H groups in total. The van der Waals surface area contributed by atoms with Gasteiger partial charge in [0.05, 0.1) is 5.56 Å². The summed E-state index contributed by atoms with van der Waals surface area (Å²) in [7, 11) is 0. The molecule has 22 heavy (non-hydrogen) atoms. The van der Waals surface area contributed by atoms with Crippen molar-refractivity contribution in [2.24, 2.45) is 0 Å². The number of rotatable bonds is 4. The molecule has 0 fully saturated rings. The van der Waals surface area contributed by atoms with E-state index in [0.29, 0.717) is 12.1 Å². The van der Waals surface area contributed by atoms with Gasteiger partial charge in [0.2, 0.25) is 0 Å². The lowest BCUT2D eigenvalue weighted by Crippen LogP contribution is -2.26. The third-order valence-corrected chi connectivity index (χ3v) is 4.37. The van der Waals surface area contributed by atoms with Crippen LogP contribution in [0.4, 0.5) is 0 Å². The molecule has 3 aromatic carbocycles. The number of hydrogen-bond acceptors (Lipinski definition) is 1. The Balaban J connectivity index is 1.68. The van der Waals surface area contributed by atoms with Gasteiger partial charge in [-0.1, -0.05) is 54.6 Å². The maximum Gasteiger partial charge on any atom is 0.252 e. The SMILES string of the molecule is O=C(NCCc1cccc2ccccc12)c1ccccc1Br. The highest BCUT2D eigenvalue weighted by atomic mass is 79.9. The van der Waals surface area contributed by atoms with Gasteiger partial charge in [-0.25, -0.2) is 0 Å². The normalized spacial score (nSPS) is 10.6. The Kier molecular flexibility index (Phi) is 4.54. The zero-order valence-electron chi connectivity index (χ0n) is 12.1. The van der Waals surface area contributed by atoms with Crippen LogP contribution in [0.3, 0.4) is 0 Å². The molecule has 0 aliphatic carbocycles. The van der Waals surface area contributed by atoms with Crippen molar-refractivity contribution in [2.45, 2.75) is 6.42 Å². The minimum absolute atomic E-state index is 0.0484. The van der Waals surface area contributed by atoms with Crippen LogP contribution >= 0.6 is 15.9 Å². The molecule has 0 atom stereocenters. The first-order valence-corrected chi connectivity index (χ1v) is 8.04. The fourth-order valence-corrected chi connectivity index (χ4v) is 3.03. The van der Waals surface area contributed by atoms with Gasteiger partial charge >= 0.3 is 0 Å². The number of halogens is 1. The van der Waals surface area contributed by atoms with Crippen LogP contribution in [-0.4, -0.2) is 12.5 Å². The molecular weight excluding hydrogens is 338 g/mol. The second-order valence-electron chi connectivity index (χ2n) is 5.12. The van der Waals surface area contributed by atoms with Crippen LogP contribution in [0.5, 0.6) is 0 Å². The minimum atomic E-state index is -0.0484. The summed E-state index contributed by atoms with van der Waals surface area (Å²) in [6.45, 7) is 0.619. The Hall–Kier alpha value is -2.13. The van der Waals surface area contributed by atoms with Crippen molar-refractivity contribution >= 4 is 32.6 Å². The second kappa shape index (κ2) is 6.75. The lowest BCUT2D eigenvalue weighted by atomic mass is 10.0.